The molecule has 0 spiro atoms. The van der Waals surface area contributed by atoms with Gasteiger partial charge in [-0.1, -0.05) is 0 Å². The van der Waals surface area contributed by atoms with Crippen LogP contribution in [-0.4, -0.2) is 48.0 Å². The van der Waals surface area contributed by atoms with Crippen molar-refractivity contribution in [2.45, 2.75) is 13.8 Å². The Balaban J connectivity index is 1.94. The van der Waals surface area contributed by atoms with Crippen molar-refractivity contribution in [3.63, 3.8) is 0 Å². The van der Waals surface area contributed by atoms with Crippen molar-refractivity contribution in [2.24, 2.45) is 0 Å². The summed E-state index contributed by atoms with van der Waals surface area (Å²) in [6.07, 6.45) is 0. The minimum atomic E-state index is -0.422. The standard InChI is InChI=1S/C13H18N4O3/c1-8-7-10(12(19)16-9(8)2)11(18)14-3-5-17-6-4-15-13(17)20/h7H,3-6H2,1-2H3,(H,14,18)(H,15,20)(H,16,19). The maximum absolute atomic E-state index is 11.9. The number of rotatable bonds is 4. The lowest BCUT2D eigenvalue weighted by molar-refractivity contribution is 0.0948. The molecule has 0 saturated carbocycles. The van der Waals surface area contributed by atoms with E-state index in [2.05, 4.69) is 15.6 Å². The Morgan fingerprint density at radius 3 is 2.80 bits per heavy atom. The number of hydrogen-bond donors (Lipinski definition) is 3. The Hall–Kier alpha value is -2.31. The fraction of sp³-hybridized carbons (Fsp3) is 0.462. The molecule has 2 rings (SSSR count). The molecule has 108 valence electrons. The number of carbonyl (C=O) groups is 2. The summed E-state index contributed by atoms with van der Waals surface area (Å²) >= 11 is 0. The number of nitrogens with one attached hydrogen (secondary N) is 3. The summed E-state index contributed by atoms with van der Waals surface area (Å²) < 4.78 is 0. The van der Waals surface area contributed by atoms with Gasteiger partial charge in [0, 0.05) is 31.9 Å². The highest BCUT2D eigenvalue weighted by atomic mass is 16.2. The molecule has 1 aromatic rings. The zero-order chi connectivity index (χ0) is 14.7. The van der Waals surface area contributed by atoms with Gasteiger partial charge in [0.1, 0.15) is 5.56 Å². The summed E-state index contributed by atoms with van der Waals surface area (Å²) in [6.45, 7) is 5.63. The van der Waals surface area contributed by atoms with E-state index in [1.165, 1.54) is 0 Å². The monoisotopic (exact) mass is 278 g/mol. The highest BCUT2D eigenvalue weighted by Crippen LogP contribution is 2.02. The molecule has 0 atom stereocenters. The van der Waals surface area contributed by atoms with Crippen LogP contribution in [0.15, 0.2) is 10.9 Å². The Bertz CT molecular complexity index is 594. The minimum Gasteiger partial charge on any atom is -0.350 e. The van der Waals surface area contributed by atoms with Crippen LogP contribution in [0.3, 0.4) is 0 Å². The van der Waals surface area contributed by atoms with Crippen molar-refractivity contribution in [3.05, 3.63) is 33.2 Å². The molecule has 3 amide bonds. The van der Waals surface area contributed by atoms with Gasteiger partial charge in [-0.25, -0.2) is 4.79 Å². The predicted molar refractivity (Wildman–Crippen MR) is 73.8 cm³/mol. The molecule has 7 heteroatoms. The fourth-order valence-corrected chi connectivity index (χ4v) is 2.02. The third-order valence-corrected chi connectivity index (χ3v) is 3.36. The Morgan fingerprint density at radius 1 is 1.40 bits per heavy atom. The quantitative estimate of drug-likeness (QED) is 0.708. The van der Waals surface area contributed by atoms with Crippen LogP contribution in [0.5, 0.6) is 0 Å². The highest BCUT2D eigenvalue weighted by Gasteiger charge is 2.19. The van der Waals surface area contributed by atoms with Gasteiger partial charge < -0.3 is 20.5 Å². The van der Waals surface area contributed by atoms with Crippen molar-refractivity contribution in [2.75, 3.05) is 26.2 Å². The molecule has 20 heavy (non-hydrogen) atoms. The highest BCUT2D eigenvalue weighted by molar-refractivity contribution is 5.94. The van der Waals surface area contributed by atoms with Crippen LogP contribution in [0.4, 0.5) is 4.79 Å². The minimum absolute atomic E-state index is 0.0963. The van der Waals surface area contributed by atoms with E-state index in [4.69, 9.17) is 0 Å². The molecule has 0 unspecified atom stereocenters. The lowest BCUT2D eigenvalue weighted by Gasteiger charge is -2.14. The SMILES string of the molecule is Cc1cc(C(=O)NCCN2CCNC2=O)c(=O)[nH]c1C. The third-order valence-electron chi connectivity index (χ3n) is 3.36. The van der Waals surface area contributed by atoms with Gasteiger partial charge in [0.05, 0.1) is 0 Å². The Morgan fingerprint density at radius 2 is 2.15 bits per heavy atom. The van der Waals surface area contributed by atoms with Crippen LogP contribution in [0.1, 0.15) is 21.6 Å². The van der Waals surface area contributed by atoms with Crippen LogP contribution in [0, 0.1) is 13.8 Å². The molecule has 0 radical (unpaired) electrons. The lowest BCUT2D eigenvalue weighted by atomic mass is 10.1. The zero-order valence-electron chi connectivity index (χ0n) is 11.6. The van der Waals surface area contributed by atoms with Crippen LogP contribution in [0.2, 0.25) is 0 Å². The number of aromatic nitrogens is 1. The van der Waals surface area contributed by atoms with E-state index in [1.807, 2.05) is 6.92 Å². The maximum atomic E-state index is 11.9. The second-order valence-corrected chi connectivity index (χ2v) is 4.80. The van der Waals surface area contributed by atoms with Gasteiger partial charge in [0.2, 0.25) is 0 Å². The molecular formula is C13H18N4O3. The van der Waals surface area contributed by atoms with Gasteiger partial charge in [-0.2, -0.15) is 0 Å². The average molecular weight is 278 g/mol. The van der Waals surface area contributed by atoms with Crippen LogP contribution in [0.25, 0.3) is 0 Å². The van der Waals surface area contributed by atoms with E-state index >= 15 is 0 Å². The number of urea groups is 1. The molecular weight excluding hydrogens is 260 g/mol. The number of nitrogens with zero attached hydrogens (tertiary/aromatic N) is 1. The normalized spacial score (nSPS) is 14.3. The molecule has 1 saturated heterocycles. The van der Waals surface area contributed by atoms with E-state index < -0.39 is 11.5 Å². The summed E-state index contributed by atoms with van der Waals surface area (Å²) in [5.74, 6) is -0.422. The van der Waals surface area contributed by atoms with Crippen LogP contribution >= 0.6 is 0 Å². The van der Waals surface area contributed by atoms with Crippen molar-refractivity contribution in [1.82, 2.24) is 20.5 Å². The fourth-order valence-electron chi connectivity index (χ4n) is 2.02. The lowest BCUT2D eigenvalue weighted by Crippen LogP contribution is -2.38. The van der Waals surface area contributed by atoms with Gasteiger partial charge in [-0.3, -0.25) is 9.59 Å². The molecule has 0 bridgehead atoms. The third kappa shape index (κ3) is 2.98. The summed E-state index contributed by atoms with van der Waals surface area (Å²) in [5.41, 5.74) is 1.30. The molecule has 1 aliphatic rings. The second-order valence-electron chi connectivity index (χ2n) is 4.80. The summed E-state index contributed by atoms with van der Waals surface area (Å²) in [4.78, 5) is 39.2. The molecule has 2 heterocycles. The number of carbonyl (C=O) groups excluding carboxylic acids is 2. The molecule has 3 N–H and O–H groups in total. The maximum Gasteiger partial charge on any atom is 0.317 e. The molecule has 7 nitrogen and oxygen atoms in total. The number of pyridine rings is 1. The first-order valence-electron chi connectivity index (χ1n) is 6.50. The van der Waals surface area contributed by atoms with Crippen molar-refractivity contribution in [1.29, 1.82) is 0 Å². The van der Waals surface area contributed by atoms with E-state index in [-0.39, 0.29) is 11.6 Å². The van der Waals surface area contributed by atoms with Gasteiger partial charge >= 0.3 is 6.03 Å². The van der Waals surface area contributed by atoms with Gasteiger partial charge in [-0.15, -0.1) is 0 Å². The Labute approximate surface area is 116 Å². The van der Waals surface area contributed by atoms with E-state index in [9.17, 15) is 14.4 Å². The molecule has 0 aliphatic carbocycles. The zero-order valence-corrected chi connectivity index (χ0v) is 11.6. The van der Waals surface area contributed by atoms with E-state index in [0.717, 1.165) is 11.3 Å². The molecule has 1 aliphatic heterocycles. The average Bonchev–Trinajstić information content (AvgIpc) is 2.79. The topological polar surface area (TPSA) is 94.3 Å². The van der Waals surface area contributed by atoms with Crippen molar-refractivity contribution in [3.8, 4) is 0 Å². The first-order valence-corrected chi connectivity index (χ1v) is 6.50. The number of hydrogen-bond acceptors (Lipinski definition) is 3. The van der Waals surface area contributed by atoms with Crippen molar-refractivity contribution < 1.29 is 9.59 Å². The number of amides is 3. The Kier molecular flexibility index (Phi) is 4.07. The van der Waals surface area contributed by atoms with E-state index in [0.29, 0.717) is 26.2 Å². The van der Waals surface area contributed by atoms with Gasteiger partial charge in [-0.05, 0) is 25.5 Å². The van der Waals surface area contributed by atoms with Crippen LogP contribution in [-0.2, 0) is 0 Å². The number of aromatic amines is 1. The summed E-state index contributed by atoms with van der Waals surface area (Å²) in [6, 6.07) is 1.45. The number of H-pyrrole nitrogens is 1. The predicted octanol–water partition coefficient (Wildman–Crippen LogP) is -0.253. The number of aryl methyl sites for hydroxylation is 2. The summed E-state index contributed by atoms with van der Waals surface area (Å²) in [5, 5.41) is 5.33. The first kappa shape index (κ1) is 14.1. The molecule has 0 aromatic carbocycles. The largest absolute Gasteiger partial charge is 0.350 e. The molecule has 1 fully saturated rings. The van der Waals surface area contributed by atoms with Gasteiger partial charge in [0.15, 0.2) is 0 Å². The van der Waals surface area contributed by atoms with Crippen molar-refractivity contribution >= 4 is 11.9 Å². The van der Waals surface area contributed by atoms with E-state index in [1.54, 1.807) is 17.9 Å². The first-order chi connectivity index (χ1) is 9.49. The van der Waals surface area contributed by atoms with Crippen LogP contribution < -0.4 is 16.2 Å². The molecule has 1 aromatic heterocycles. The van der Waals surface area contributed by atoms with Gasteiger partial charge in [0.25, 0.3) is 11.5 Å². The summed E-state index contributed by atoms with van der Waals surface area (Å²) in [7, 11) is 0. The second kappa shape index (κ2) is 5.77. The smallest absolute Gasteiger partial charge is 0.317 e.